The summed E-state index contributed by atoms with van der Waals surface area (Å²) in [6, 6.07) is 0. The molecule has 9 atom stereocenters. The smallest absolute Gasteiger partial charge is 0.303 e. The van der Waals surface area contributed by atoms with E-state index < -0.39 is 79.9 Å². The molecule has 54 heavy (non-hydrogen) atoms. The number of carbonyl (C=O) groups is 3. The van der Waals surface area contributed by atoms with E-state index in [0.717, 1.165) is 5.57 Å². The Labute approximate surface area is 327 Å². The van der Waals surface area contributed by atoms with E-state index in [4.69, 9.17) is 41.7 Å². The molecule has 0 bridgehead atoms. The van der Waals surface area contributed by atoms with Crippen LogP contribution in [0.2, 0.25) is 54.4 Å². The second kappa shape index (κ2) is 16.9. The number of rotatable bonds is 13. The van der Waals surface area contributed by atoms with E-state index in [1.54, 1.807) is 6.26 Å². The summed E-state index contributed by atoms with van der Waals surface area (Å²) in [5.74, 6) is -2.46. The molecule has 12 nitrogen and oxygen atoms in total. The lowest BCUT2D eigenvalue weighted by molar-refractivity contribution is -0.341. The molecule has 3 rings (SSSR count). The van der Waals surface area contributed by atoms with Crippen LogP contribution >= 0.6 is 0 Å². The molecular weight excluding hydrogens is 745 g/mol. The van der Waals surface area contributed by atoms with Crippen LogP contribution < -0.4 is 0 Å². The summed E-state index contributed by atoms with van der Waals surface area (Å²) in [4.78, 5) is 37.7. The van der Waals surface area contributed by atoms with Crippen LogP contribution in [-0.2, 0) is 56.1 Å². The van der Waals surface area contributed by atoms with Gasteiger partial charge in [-0.1, -0.05) is 68.4 Å². The van der Waals surface area contributed by atoms with Crippen LogP contribution in [0.4, 0.5) is 0 Å². The molecule has 1 saturated heterocycles. The van der Waals surface area contributed by atoms with Gasteiger partial charge in [0.2, 0.25) is 12.6 Å². The maximum Gasteiger partial charge on any atom is 0.303 e. The first kappa shape index (κ1) is 46.5. The van der Waals surface area contributed by atoms with Crippen LogP contribution in [-0.4, -0.2) is 99.2 Å². The Morgan fingerprint density at radius 3 is 1.65 bits per heavy atom. The molecule has 15 heteroatoms. The van der Waals surface area contributed by atoms with E-state index in [9.17, 15) is 14.4 Å². The lowest BCUT2D eigenvalue weighted by atomic mass is 9.88. The van der Waals surface area contributed by atoms with Gasteiger partial charge in [0.1, 0.15) is 6.10 Å². The van der Waals surface area contributed by atoms with Crippen molar-refractivity contribution in [1.29, 1.82) is 0 Å². The Morgan fingerprint density at radius 2 is 1.15 bits per heavy atom. The van der Waals surface area contributed by atoms with Gasteiger partial charge >= 0.3 is 17.9 Å². The SMILES string of the molecule is CC(=O)O[C@@H]1[C@@H](OC(C)=O)[C@H](O[C@@H]2OC=C[C@@H]3[C@H]2C(CO[Si](C)(C)C(C)(C)C)=C[C@H]3O[Si](C)(C)C(C)(C)C)O[C@H](CO[Si](C)(C)C(C)(C)C)[C@H]1OC(C)=O. The van der Waals surface area contributed by atoms with Crippen molar-refractivity contribution < 1.29 is 56.1 Å². The third-order valence-corrected chi connectivity index (χ3v) is 25.7. The van der Waals surface area contributed by atoms with Crippen molar-refractivity contribution in [3.05, 3.63) is 24.0 Å². The van der Waals surface area contributed by atoms with E-state index in [2.05, 4.69) is 108 Å². The zero-order valence-electron chi connectivity index (χ0n) is 36.2. The van der Waals surface area contributed by atoms with E-state index in [1.807, 2.05) is 6.08 Å². The van der Waals surface area contributed by atoms with Crippen molar-refractivity contribution in [3.8, 4) is 0 Å². The van der Waals surface area contributed by atoms with Gasteiger partial charge in [-0.05, 0) is 66.0 Å². The van der Waals surface area contributed by atoms with Crippen LogP contribution in [0.25, 0.3) is 0 Å². The monoisotopic (exact) mass is 814 g/mol. The summed E-state index contributed by atoms with van der Waals surface area (Å²) < 4.78 is 57.3. The second-order valence-electron chi connectivity index (χ2n) is 19.5. The average Bonchev–Trinajstić information content (AvgIpc) is 3.33. The van der Waals surface area contributed by atoms with Crippen molar-refractivity contribution in [1.82, 2.24) is 0 Å². The highest BCUT2D eigenvalue weighted by molar-refractivity contribution is 6.75. The van der Waals surface area contributed by atoms with Crippen LogP contribution in [0.5, 0.6) is 0 Å². The second-order valence-corrected chi connectivity index (χ2v) is 33.9. The van der Waals surface area contributed by atoms with Crippen molar-refractivity contribution >= 4 is 42.9 Å². The summed E-state index contributed by atoms with van der Waals surface area (Å²) in [6.45, 7) is 36.8. The highest BCUT2D eigenvalue weighted by Gasteiger charge is 2.56. The predicted octanol–water partition coefficient (Wildman–Crippen LogP) is 8.00. The average molecular weight is 815 g/mol. The van der Waals surface area contributed by atoms with E-state index in [-0.39, 0.29) is 39.7 Å². The van der Waals surface area contributed by atoms with Gasteiger partial charge in [0.25, 0.3) is 0 Å². The standard InChI is InChI=1S/C39H70O12Si3/c1-24(40)46-32-30(23-45-53(15,16)38(7,8)9)49-36(34(48-26(3)42)33(32)47-25(2)41)50-35-31-27(22-44-52(13,14)37(4,5)6)21-29(28(31)19-20-43-35)51-54(17,18)39(10,11)12/h19-21,28-36H,22-23H2,1-18H3/t28-,29+,30+,31+,32+,33-,34+,35-,36-/m0/s1. The molecule has 0 amide bonds. The molecular formula is C39H70O12Si3. The molecule has 0 radical (unpaired) electrons. The van der Waals surface area contributed by atoms with E-state index in [0.29, 0.717) is 6.61 Å². The van der Waals surface area contributed by atoms with Crippen LogP contribution in [0.1, 0.15) is 83.1 Å². The number of esters is 3. The minimum atomic E-state index is -2.34. The molecule has 0 aromatic carbocycles. The molecule has 0 aromatic rings. The minimum Gasteiger partial charge on any atom is -0.472 e. The molecule has 1 fully saturated rings. The first-order chi connectivity index (χ1) is 24.4. The minimum absolute atomic E-state index is 0.00424. The molecule has 0 spiro atoms. The fourth-order valence-corrected chi connectivity index (χ4v) is 9.11. The fourth-order valence-electron chi connectivity index (χ4n) is 5.88. The first-order valence-electron chi connectivity index (χ1n) is 19.2. The number of ether oxygens (including phenoxy) is 6. The van der Waals surface area contributed by atoms with Crippen LogP contribution in [0.3, 0.4) is 0 Å². The number of hydrogen-bond donors (Lipinski definition) is 0. The first-order valence-corrected chi connectivity index (χ1v) is 27.9. The molecule has 310 valence electrons. The molecule has 0 N–H and O–H groups in total. The Hall–Kier alpha value is -1.86. The summed E-state index contributed by atoms with van der Waals surface area (Å²) in [5.41, 5.74) is 0.981. The van der Waals surface area contributed by atoms with Gasteiger partial charge in [-0.25, -0.2) is 0 Å². The Morgan fingerprint density at radius 1 is 0.667 bits per heavy atom. The molecule has 2 aliphatic heterocycles. The molecule has 0 aromatic heterocycles. The van der Waals surface area contributed by atoms with Gasteiger partial charge in [-0.3, -0.25) is 14.4 Å². The van der Waals surface area contributed by atoms with Crippen LogP contribution in [0.15, 0.2) is 24.0 Å². The van der Waals surface area contributed by atoms with Crippen molar-refractivity contribution in [2.75, 3.05) is 13.2 Å². The van der Waals surface area contributed by atoms with Crippen molar-refractivity contribution in [2.24, 2.45) is 11.8 Å². The normalized spacial score (nSPS) is 29.5. The van der Waals surface area contributed by atoms with Gasteiger partial charge < -0.3 is 41.7 Å². The maximum absolute atomic E-state index is 12.6. The summed E-state index contributed by atoms with van der Waals surface area (Å²) in [7, 11) is -6.74. The van der Waals surface area contributed by atoms with Crippen molar-refractivity contribution in [2.45, 2.75) is 181 Å². The number of carbonyl (C=O) groups excluding carboxylic acids is 3. The third-order valence-electron chi connectivity index (χ3n) is 12.2. The molecule has 2 heterocycles. The maximum atomic E-state index is 12.6. The number of hydrogen-bond acceptors (Lipinski definition) is 12. The quantitative estimate of drug-likeness (QED) is 0.0772. The van der Waals surface area contributed by atoms with E-state index >= 15 is 0 Å². The highest BCUT2D eigenvalue weighted by atomic mass is 28.4. The lowest BCUT2D eigenvalue weighted by Gasteiger charge is -2.47. The molecule has 1 aliphatic carbocycles. The Kier molecular flexibility index (Phi) is 14.6. The Bertz CT molecular complexity index is 1400. The van der Waals surface area contributed by atoms with Gasteiger partial charge in [-0.15, -0.1) is 0 Å². The van der Waals surface area contributed by atoms with Gasteiger partial charge in [0.05, 0.1) is 31.5 Å². The third kappa shape index (κ3) is 11.2. The lowest BCUT2D eigenvalue weighted by Crippen LogP contribution is -2.64. The van der Waals surface area contributed by atoms with E-state index in [1.165, 1.54) is 20.8 Å². The largest absolute Gasteiger partial charge is 0.472 e. The fraction of sp³-hybridized carbons (Fsp3) is 0.821. The van der Waals surface area contributed by atoms with Gasteiger partial charge in [-0.2, -0.15) is 0 Å². The Balaban J connectivity index is 2.09. The van der Waals surface area contributed by atoms with Crippen LogP contribution in [0, 0.1) is 11.8 Å². The summed E-state index contributed by atoms with van der Waals surface area (Å²) in [6.07, 6.45) is -1.41. The molecule has 3 aliphatic rings. The topological polar surface area (TPSA) is 134 Å². The summed E-state index contributed by atoms with van der Waals surface area (Å²) >= 11 is 0. The van der Waals surface area contributed by atoms with Crippen molar-refractivity contribution in [3.63, 3.8) is 0 Å². The van der Waals surface area contributed by atoms with Gasteiger partial charge in [0.15, 0.2) is 43.3 Å². The molecule has 0 unspecified atom stereocenters. The number of fused-ring (bicyclic) bond motifs is 1. The predicted molar refractivity (Wildman–Crippen MR) is 214 cm³/mol. The highest BCUT2D eigenvalue weighted by Crippen LogP contribution is 2.47. The van der Waals surface area contributed by atoms with Gasteiger partial charge in [0, 0.05) is 26.7 Å². The zero-order chi connectivity index (χ0) is 41.4. The zero-order valence-corrected chi connectivity index (χ0v) is 39.2. The summed E-state index contributed by atoms with van der Waals surface area (Å²) in [5, 5.41) is -0.178. The molecule has 0 saturated carbocycles.